The number of rotatable bonds is 1. The summed E-state index contributed by atoms with van der Waals surface area (Å²) < 4.78 is 4.85. The van der Waals surface area contributed by atoms with Gasteiger partial charge in [-0.2, -0.15) is 0 Å². The molecule has 0 heterocycles. The van der Waals surface area contributed by atoms with Gasteiger partial charge in [-0.1, -0.05) is 48.5 Å². The Labute approximate surface area is 175 Å². The largest absolute Gasteiger partial charge is 1.00 e. The van der Waals surface area contributed by atoms with E-state index in [-0.39, 0.29) is 51.4 Å². The molecule has 4 heteroatoms. The standard InChI is InChI=1S/C19H12O3.K/c20-19(21)22-17-7-3-6-12-8-9-15-10-13-4-1-2-5-14(13)11-16(15)18(12)17;/h1-11H,(H,20,21);/q;+1/p-1. The summed E-state index contributed by atoms with van der Waals surface area (Å²) in [4.78, 5) is 10.8. The third kappa shape index (κ3) is 3.01. The van der Waals surface area contributed by atoms with Crippen LogP contribution in [0.1, 0.15) is 0 Å². The zero-order chi connectivity index (χ0) is 15.1. The van der Waals surface area contributed by atoms with E-state index in [9.17, 15) is 9.90 Å². The Kier molecular flexibility index (Phi) is 4.71. The van der Waals surface area contributed by atoms with Gasteiger partial charge in [0, 0.05) is 5.39 Å². The normalized spacial score (nSPS) is 10.6. The maximum atomic E-state index is 10.8. The summed E-state index contributed by atoms with van der Waals surface area (Å²) in [5, 5.41) is 16.8. The quantitative estimate of drug-likeness (QED) is 0.171. The van der Waals surface area contributed by atoms with Crippen LogP contribution in [0.25, 0.3) is 32.3 Å². The summed E-state index contributed by atoms with van der Waals surface area (Å²) in [6, 6.07) is 21.6. The van der Waals surface area contributed by atoms with Crippen molar-refractivity contribution in [3.05, 3.63) is 66.7 Å². The second kappa shape index (κ2) is 6.59. The Morgan fingerprint density at radius 2 is 1.43 bits per heavy atom. The van der Waals surface area contributed by atoms with Gasteiger partial charge in [0.1, 0.15) is 0 Å². The van der Waals surface area contributed by atoms with Crippen molar-refractivity contribution in [1.82, 2.24) is 0 Å². The topological polar surface area (TPSA) is 49.4 Å². The molecule has 4 aromatic carbocycles. The number of hydrogen-bond donors (Lipinski definition) is 0. The minimum absolute atomic E-state index is 0. The molecule has 106 valence electrons. The Morgan fingerprint density at radius 1 is 0.783 bits per heavy atom. The SMILES string of the molecule is O=C([O-])Oc1cccc2ccc3cc4ccccc4cc3c12.[K+]. The fourth-order valence-electron chi connectivity index (χ4n) is 2.94. The van der Waals surface area contributed by atoms with E-state index in [0.29, 0.717) is 5.75 Å². The molecule has 0 atom stereocenters. The molecule has 0 aliphatic heterocycles. The van der Waals surface area contributed by atoms with E-state index in [0.717, 1.165) is 32.3 Å². The average molecular weight is 326 g/mol. The van der Waals surface area contributed by atoms with Crippen LogP contribution in [0.4, 0.5) is 4.79 Å². The maximum Gasteiger partial charge on any atom is 1.00 e. The zero-order valence-electron chi connectivity index (χ0n) is 12.6. The second-order valence-electron chi connectivity index (χ2n) is 5.19. The van der Waals surface area contributed by atoms with Crippen LogP contribution in [0.15, 0.2) is 66.7 Å². The van der Waals surface area contributed by atoms with Crippen molar-refractivity contribution in [3.8, 4) is 5.75 Å². The van der Waals surface area contributed by atoms with Gasteiger partial charge < -0.3 is 14.6 Å². The number of carbonyl (C=O) groups is 1. The Morgan fingerprint density at radius 3 is 2.17 bits per heavy atom. The molecule has 4 aromatic rings. The predicted octanol–water partition coefficient (Wildman–Crippen LogP) is 0.872. The monoisotopic (exact) mass is 326 g/mol. The third-order valence-electron chi connectivity index (χ3n) is 3.88. The van der Waals surface area contributed by atoms with E-state index in [1.807, 2.05) is 36.4 Å². The van der Waals surface area contributed by atoms with E-state index in [1.165, 1.54) is 0 Å². The van der Waals surface area contributed by atoms with E-state index < -0.39 is 6.16 Å². The van der Waals surface area contributed by atoms with Crippen LogP contribution < -0.4 is 61.2 Å². The van der Waals surface area contributed by atoms with Crippen molar-refractivity contribution in [2.45, 2.75) is 0 Å². The van der Waals surface area contributed by atoms with E-state index in [1.54, 1.807) is 12.1 Å². The molecule has 4 rings (SSSR count). The molecule has 0 aromatic heterocycles. The van der Waals surface area contributed by atoms with Gasteiger partial charge in [-0.3, -0.25) is 0 Å². The van der Waals surface area contributed by atoms with Crippen LogP contribution in [-0.2, 0) is 0 Å². The molecule has 0 aliphatic carbocycles. The van der Waals surface area contributed by atoms with Crippen LogP contribution in [-0.4, -0.2) is 6.16 Å². The first-order chi connectivity index (χ1) is 10.7. The summed E-state index contributed by atoms with van der Waals surface area (Å²) in [6.07, 6.45) is -1.55. The van der Waals surface area contributed by atoms with Crippen LogP contribution in [0.3, 0.4) is 0 Å². The summed E-state index contributed by atoms with van der Waals surface area (Å²) in [6.45, 7) is 0. The Hall–Kier alpha value is -1.43. The van der Waals surface area contributed by atoms with Gasteiger partial charge in [0.25, 0.3) is 6.16 Å². The number of hydrogen-bond acceptors (Lipinski definition) is 3. The third-order valence-corrected chi connectivity index (χ3v) is 3.88. The molecule has 0 fully saturated rings. The molecule has 0 radical (unpaired) electrons. The predicted molar refractivity (Wildman–Crippen MR) is 85.0 cm³/mol. The van der Waals surface area contributed by atoms with Gasteiger partial charge in [-0.05, 0) is 45.1 Å². The molecular formula is C19H11KO3. The first-order valence-corrected chi connectivity index (χ1v) is 6.95. The molecule has 0 N–H and O–H groups in total. The fourth-order valence-corrected chi connectivity index (χ4v) is 2.94. The van der Waals surface area contributed by atoms with Crippen LogP contribution in [0.5, 0.6) is 5.75 Å². The summed E-state index contributed by atoms with van der Waals surface area (Å²) in [5.74, 6) is 0.304. The van der Waals surface area contributed by atoms with Gasteiger partial charge in [-0.25, -0.2) is 0 Å². The maximum absolute atomic E-state index is 10.8. The van der Waals surface area contributed by atoms with Crippen LogP contribution in [0.2, 0.25) is 0 Å². The number of carboxylic acid groups (broad SMARTS) is 1. The smallest absolute Gasteiger partial charge is 0.513 e. The minimum Gasteiger partial charge on any atom is -0.513 e. The van der Waals surface area contributed by atoms with Crippen molar-refractivity contribution >= 4 is 38.5 Å². The average Bonchev–Trinajstić information content (AvgIpc) is 2.52. The molecule has 3 nitrogen and oxygen atoms in total. The van der Waals surface area contributed by atoms with Crippen molar-refractivity contribution in [3.63, 3.8) is 0 Å². The molecule has 0 aliphatic rings. The van der Waals surface area contributed by atoms with Gasteiger partial charge in [0.05, 0.1) is 5.75 Å². The van der Waals surface area contributed by atoms with Crippen molar-refractivity contribution in [1.29, 1.82) is 0 Å². The van der Waals surface area contributed by atoms with Gasteiger partial charge in [0.2, 0.25) is 0 Å². The summed E-state index contributed by atoms with van der Waals surface area (Å²) in [5.41, 5.74) is 0. The van der Waals surface area contributed by atoms with Crippen molar-refractivity contribution < 1.29 is 66.0 Å². The molecule has 0 unspecified atom stereocenters. The van der Waals surface area contributed by atoms with Crippen molar-refractivity contribution in [2.24, 2.45) is 0 Å². The zero-order valence-corrected chi connectivity index (χ0v) is 15.7. The Bertz CT molecular complexity index is 1040. The van der Waals surface area contributed by atoms with E-state index >= 15 is 0 Å². The first-order valence-electron chi connectivity index (χ1n) is 6.95. The van der Waals surface area contributed by atoms with Gasteiger partial charge in [0.15, 0.2) is 0 Å². The van der Waals surface area contributed by atoms with Crippen molar-refractivity contribution in [2.75, 3.05) is 0 Å². The van der Waals surface area contributed by atoms with E-state index in [4.69, 9.17) is 4.74 Å². The molecule has 0 amide bonds. The summed E-state index contributed by atoms with van der Waals surface area (Å²) >= 11 is 0. The number of ether oxygens (including phenoxy) is 1. The molecule has 0 saturated carbocycles. The number of fused-ring (bicyclic) bond motifs is 4. The number of benzene rings is 4. The van der Waals surface area contributed by atoms with Gasteiger partial charge >= 0.3 is 51.4 Å². The number of carbonyl (C=O) groups excluding carboxylic acids is 1. The van der Waals surface area contributed by atoms with Crippen LogP contribution >= 0.6 is 0 Å². The van der Waals surface area contributed by atoms with Crippen LogP contribution in [0, 0.1) is 0 Å². The molecule has 0 bridgehead atoms. The minimum atomic E-state index is -1.55. The van der Waals surface area contributed by atoms with E-state index in [2.05, 4.69) is 18.2 Å². The van der Waals surface area contributed by atoms with Gasteiger partial charge in [-0.15, -0.1) is 0 Å². The molecule has 0 spiro atoms. The summed E-state index contributed by atoms with van der Waals surface area (Å²) in [7, 11) is 0. The first kappa shape index (κ1) is 16.4. The molecule has 23 heavy (non-hydrogen) atoms. The Balaban J connectivity index is 0.00000156. The second-order valence-corrected chi connectivity index (χ2v) is 5.19. The molecular weight excluding hydrogens is 315 g/mol. The fraction of sp³-hybridized carbons (Fsp3) is 0. The molecule has 0 saturated heterocycles.